The van der Waals surface area contributed by atoms with Crippen LogP contribution in [0.4, 0.5) is 5.69 Å². The Balaban J connectivity index is 1.92. The van der Waals surface area contributed by atoms with Gasteiger partial charge < -0.3 is 20.1 Å². The maximum absolute atomic E-state index is 12.4. The van der Waals surface area contributed by atoms with Crippen molar-refractivity contribution in [1.82, 2.24) is 4.57 Å². The molecule has 0 saturated heterocycles. The van der Waals surface area contributed by atoms with E-state index in [-0.39, 0.29) is 23.5 Å². The average molecular weight is 338 g/mol. The summed E-state index contributed by atoms with van der Waals surface area (Å²) in [6, 6.07) is 14.5. The minimum atomic E-state index is -1.16. The fourth-order valence-corrected chi connectivity index (χ4v) is 2.67. The second kappa shape index (κ2) is 6.48. The van der Waals surface area contributed by atoms with Crippen molar-refractivity contribution >= 4 is 34.4 Å². The third-order valence-electron chi connectivity index (χ3n) is 3.76. The maximum atomic E-state index is 12.4. The Morgan fingerprint density at radius 1 is 0.920 bits per heavy atom. The first-order valence-corrected chi connectivity index (χ1v) is 7.41. The van der Waals surface area contributed by atoms with Crippen LogP contribution in [-0.2, 0) is 11.3 Å². The molecule has 0 saturated carbocycles. The molecule has 0 fully saturated rings. The van der Waals surface area contributed by atoms with Crippen LogP contribution < -0.4 is 5.32 Å². The first-order valence-electron chi connectivity index (χ1n) is 7.41. The zero-order valence-electron chi connectivity index (χ0n) is 13.0. The van der Waals surface area contributed by atoms with E-state index in [1.165, 1.54) is 22.8 Å². The molecule has 0 aliphatic heterocycles. The van der Waals surface area contributed by atoms with Crippen molar-refractivity contribution in [3.63, 3.8) is 0 Å². The van der Waals surface area contributed by atoms with E-state index in [1.54, 1.807) is 36.4 Å². The van der Waals surface area contributed by atoms with Crippen molar-refractivity contribution < 1.29 is 24.6 Å². The second-order valence-electron chi connectivity index (χ2n) is 5.38. The predicted molar refractivity (Wildman–Crippen MR) is 90.9 cm³/mol. The number of nitrogens with zero attached hydrogens (tertiary/aromatic N) is 1. The first kappa shape index (κ1) is 16.3. The summed E-state index contributed by atoms with van der Waals surface area (Å²) < 4.78 is 1.39. The summed E-state index contributed by atoms with van der Waals surface area (Å²) in [5.41, 5.74) is 0.726. The molecule has 3 rings (SSSR count). The SMILES string of the molecule is O=C(Cn1c(C(=O)O)cc2ccccc21)Nc1ccccc1C(=O)O. The highest BCUT2D eigenvalue weighted by atomic mass is 16.4. The number of amides is 1. The number of rotatable bonds is 5. The Morgan fingerprint density at radius 3 is 2.32 bits per heavy atom. The number of carbonyl (C=O) groups excluding carboxylic acids is 1. The predicted octanol–water partition coefficient (Wildman–Crippen LogP) is 2.68. The van der Waals surface area contributed by atoms with Gasteiger partial charge in [-0.1, -0.05) is 30.3 Å². The van der Waals surface area contributed by atoms with Crippen molar-refractivity contribution in [3.05, 3.63) is 65.9 Å². The van der Waals surface area contributed by atoms with E-state index in [0.29, 0.717) is 10.9 Å². The van der Waals surface area contributed by atoms with Crippen LogP contribution in [0.5, 0.6) is 0 Å². The van der Waals surface area contributed by atoms with Crippen LogP contribution in [0.1, 0.15) is 20.8 Å². The van der Waals surface area contributed by atoms with Crippen molar-refractivity contribution in [3.8, 4) is 0 Å². The summed E-state index contributed by atoms with van der Waals surface area (Å²) in [5, 5.41) is 21.7. The van der Waals surface area contributed by atoms with Crippen LogP contribution in [0, 0.1) is 0 Å². The Kier molecular flexibility index (Phi) is 4.21. The summed E-state index contributed by atoms with van der Waals surface area (Å²) in [4.78, 5) is 35.0. The molecule has 2 aromatic carbocycles. The van der Waals surface area contributed by atoms with Gasteiger partial charge >= 0.3 is 11.9 Å². The van der Waals surface area contributed by atoms with Gasteiger partial charge in [0.1, 0.15) is 12.2 Å². The number of carboxylic acid groups (broad SMARTS) is 2. The van der Waals surface area contributed by atoms with Crippen molar-refractivity contribution in [2.75, 3.05) is 5.32 Å². The minimum absolute atomic E-state index is 0.0112. The van der Waals surface area contributed by atoms with Gasteiger partial charge in [0.05, 0.1) is 11.3 Å². The van der Waals surface area contributed by atoms with E-state index in [9.17, 15) is 19.5 Å². The number of carboxylic acids is 2. The van der Waals surface area contributed by atoms with E-state index in [0.717, 1.165) is 0 Å². The topological polar surface area (TPSA) is 109 Å². The average Bonchev–Trinajstić information content (AvgIpc) is 2.94. The molecule has 0 bridgehead atoms. The molecule has 7 nitrogen and oxygen atoms in total. The molecule has 0 aliphatic carbocycles. The minimum Gasteiger partial charge on any atom is -0.478 e. The molecule has 0 atom stereocenters. The van der Waals surface area contributed by atoms with Crippen LogP contribution in [0.15, 0.2) is 54.6 Å². The molecule has 0 aliphatic rings. The second-order valence-corrected chi connectivity index (χ2v) is 5.38. The van der Waals surface area contributed by atoms with Gasteiger partial charge in [0.25, 0.3) is 0 Å². The van der Waals surface area contributed by atoms with Gasteiger partial charge in [-0.2, -0.15) is 0 Å². The lowest BCUT2D eigenvalue weighted by Crippen LogP contribution is -2.22. The van der Waals surface area contributed by atoms with Crippen LogP contribution >= 0.6 is 0 Å². The highest BCUT2D eigenvalue weighted by Crippen LogP contribution is 2.21. The quantitative estimate of drug-likeness (QED) is 0.663. The first-order chi connectivity index (χ1) is 12.0. The lowest BCUT2D eigenvalue weighted by atomic mass is 10.2. The molecule has 1 amide bonds. The van der Waals surface area contributed by atoms with Gasteiger partial charge in [-0.15, -0.1) is 0 Å². The Hall–Kier alpha value is -3.61. The summed E-state index contributed by atoms with van der Waals surface area (Å²) >= 11 is 0. The van der Waals surface area contributed by atoms with E-state index >= 15 is 0 Å². The van der Waals surface area contributed by atoms with E-state index in [2.05, 4.69) is 5.32 Å². The van der Waals surface area contributed by atoms with Crippen molar-refractivity contribution in [2.24, 2.45) is 0 Å². The molecular formula is C18H14N2O5. The Morgan fingerprint density at radius 2 is 1.60 bits per heavy atom. The normalized spacial score (nSPS) is 10.6. The van der Waals surface area contributed by atoms with Gasteiger partial charge in [0.2, 0.25) is 5.91 Å². The molecular weight excluding hydrogens is 324 g/mol. The van der Waals surface area contributed by atoms with Crippen LogP contribution in [0.25, 0.3) is 10.9 Å². The number of hydrogen-bond donors (Lipinski definition) is 3. The third kappa shape index (κ3) is 3.20. The lowest BCUT2D eigenvalue weighted by molar-refractivity contribution is -0.116. The van der Waals surface area contributed by atoms with E-state index in [1.807, 2.05) is 0 Å². The zero-order valence-corrected chi connectivity index (χ0v) is 13.0. The summed E-state index contributed by atoms with van der Waals surface area (Å²) in [5.74, 6) is -2.82. The number of fused-ring (bicyclic) bond motifs is 1. The number of benzene rings is 2. The maximum Gasteiger partial charge on any atom is 0.352 e. The summed E-state index contributed by atoms with van der Waals surface area (Å²) in [6.45, 7) is -0.247. The Labute approximate surface area is 142 Å². The molecule has 1 aromatic heterocycles. The Bertz CT molecular complexity index is 990. The number of para-hydroxylation sites is 2. The molecule has 3 aromatic rings. The van der Waals surface area contributed by atoms with Crippen LogP contribution in [0.3, 0.4) is 0 Å². The lowest BCUT2D eigenvalue weighted by Gasteiger charge is -2.11. The van der Waals surface area contributed by atoms with Crippen molar-refractivity contribution in [1.29, 1.82) is 0 Å². The number of carbonyl (C=O) groups is 3. The fraction of sp³-hybridized carbons (Fsp3) is 0.0556. The van der Waals surface area contributed by atoms with Crippen LogP contribution in [0.2, 0.25) is 0 Å². The van der Waals surface area contributed by atoms with Gasteiger partial charge in [0, 0.05) is 10.9 Å². The molecule has 1 heterocycles. The molecule has 25 heavy (non-hydrogen) atoms. The van der Waals surface area contributed by atoms with Gasteiger partial charge in [-0.05, 0) is 24.3 Å². The number of aromatic carboxylic acids is 2. The number of anilines is 1. The highest BCUT2D eigenvalue weighted by Gasteiger charge is 2.18. The summed E-state index contributed by atoms with van der Waals surface area (Å²) in [6.07, 6.45) is 0. The number of hydrogen-bond acceptors (Lipinski definition) is 3. The van der Waals surface area contributed by atoms with E-state index in [4.69, 9.17) is 5.11 Å². The monoisotopic (exact) mass is 338 g/mol. The van der Waals surface area contributed by atoms with Gasteiger partial charge in [-0.3, -0.25) is 4.79 Å². The summed E-state index contributed by atoms with van der Waals surface area (Å²) in [7, 11) is 0. The van der Waals surface area contributed by atoms with Crippen molar-refractivity contribution in [2.45, 2.75) is 6.54 Å². The van der Waals surface area contributed by atoms with Gasteiger partial charge in [0.15, 0.2) is 0 Å². The van der Waals surface area contributed by atoms with Crippen LogP contribution in [-0.4, -0.2) is 32.6 Å². The highest BCUT2D eigenvalue weighted by molar-refractivity contribution is 6.01. The molecule has 0 radical (unpaired) electrons. The smallest absolute Gasteiger partial charge is 0.352 e. The largest absolute Gasteiger partial charge is 0.478 e. The fourth-order valence-electron chi connectivity index (χ4n) is 2.67. The van der Waals surface area contributed by atoms with Gasteiger partial charge in [-0.25, -0.2) is 9.59 Å². The number of aromatic nitrogens is 1. The molecule has 3 N–H and O–H groups in total. The standard InChI is InChI=1S/C18H14N2O5/c21-16(19-13-7-3-2-6-12(13)17(22)23)10-20-14-8-4-1-5-11(14)9-15(20)18(24)25/h1-9H,10H2,(H,19,21)(H,22,23)(H,24,25). The van der Waals surface area contributed by atoms with E-state index < -0.39 is 17.8 Å². The molecule has 0 spiro atoms. The molecule has 7 heteroatoms. The molecule has 126 valence electrons. The zero-order chi connectivity index (χ0) is 18.0. The third-order valence-corrected chi connectivity index (χ3v) is 3.76. The number of nitrogens with one attached hydrogen (secondary N) is 1. The molecule has 0 unspecified atom stereocenters.